The second-order valence-corrected chi connectivity index (χ2v) is 7.80. The van der Waals surface area contributed by atoms with Gasteiger partial charge in [-0.25, -0.2) is 15.0 Å². The Hall–Kier alpha value is -2.52. The summed E-state index contributed by atoms with van der Waals surface area (Å²) in [7, 11) is 0. The lowest BCUT2D eigenvalue weighted by Gasteiger charge is -2.40. The van der Waals surface area contributed by atoms with Crippen molar-refractivity contribution in [2.75, 3.05) is 24.5 Å². The van der Waals surface area contributed by atoms with Crippen LogP contribution in [-0.4, -0.2) is 49.8 Å². The number of para-hydroxylation sites is 2. The Bertz CT molecular complexity index is 1080. The quantitative estimate of drug-likeness (QED) is 0.463. The maximum Gasteiger partial charge on any atom is 0.187 e. The number of hydrogen-bond donors (Lipinski definition) is 3. The maximum absolute atomic E-state index is 6.25. The Kier molecular flexibility index (Phi) is 3.87. The van der Waals surface area contributed by atoms with Gasteiger partial charge in [0.15, 0.2) is 5.65 Å². The largest absolute Gasteiger partial charge is 0.356 e. The third kappa shape index (κ3) is 2.61. The van der Waals surface area contributed by atoms with Crippen molar-refractivity contribution in [3.05, 3.63) is 41.0 Å². The average molecular weight is 427 g/mol. The van der Waals surface area contributed by atoms with Crippen LogP contribution in [0, 0.1) is 0 Å². The third-order valence-corrected chi connectivity index (χ3v) is 6.16. The molecule has 0 spiro atoms. The second kappa shape index (κ2) is 6.28. The summed E-state index contributed by atoms with van der Waals surface area (Å²) in [6.07, 6.45) is 3.38. The van der Waals surface area contributed by atoms with Gasteiger partial charge in [0.05, 0.1) is 16.4 Å². The zero-order chi connectivity index (χ0) is 18.4. The first-order valence-corrected chi connectivity index (χ1v) is 9.74. The van der Waals surface area contributed by atoms with Crippen molar-refractivity contribution >= 4 is 43.8 Å². The molecule has 4 heterocycles. The monoisotopic (exact) mass is 426 g/mol. The van der Waals surface area contributed by atoms with E-state index in [2.05, 4.69) is 52.0 Å². The summed E-state index contributed by atoms with van der Waals surface area (Å²) in [6, 6.07) is 8.11. The van der Waals surface area contributed by atoms with Gasteiger partial charge >= 0.3 is 0 Å². The number of nitrogens with two attached hydrogens (primary N) is 1. The number of imidazole rings is 1. The molecule has 4 aromatic rings. The summed E-state index contributed by atoms with van der Waals surface area (Å²) in [6.45, 7) is 2.26. The molecule has 138 valence electrons. The highest BCUT2D eigenvalue weighted by Crippen LogP contribution is 2.37. The number of hydrogen-bond acceptors (Lipinski definition) is 6. The Morgan fingerprint density at radius 3 is 2.78 bits per heavy atom. The summed E-state index contributed by atoms with van der Waals surface area (Å²) < 4.78 is 0.807. The van der Waals surface area contributed by atoms with Gasteiger partial charge in [0.2, 0.25) is 0 Å². The number of aromatic nitrogens is 6. The van der Waals surface area contributed by atoms with E-state index in [1.807, 2.05) is 18.2 Å². The van der Waals surface area contributed by atoms with E-state index in [1.54, 1.807) is 6.33 Å². The molecular weight excluding hydrogens is 408 g/mol. The van der Waals surface area contributed by atoms with E-state index in [0.717, 1.165) is 58.6 Å². The Morgan fingerprint density at radius 1 is 1.19 bits per heavy atom. The van der Waals surface area contributed by atoms with Crippen molar-refractivity contribution in [1.82, 2.24) is 30.1 Å². The summed E-state index contributed by atoms with van der Waals surface area (Å²) in [4.78, 5) is 19.3. The highest BCUT2D eigenvalue weighted by molar-refractivity contribution is 9.10. The Labute approximate surface area is 163 Å². The predicted octanol–water partition coefficient (Wildman–Crippen LogP) is 2.49. The SMILES string of the molecule is NCC1(c2nc3ccccc3[nH]2)CCN(c2ncnc3n[nH]c(Br)c23)CC1. The lowest BCUT2D eigenvalue weighted by atomic mass is 9.77. The zero-order valence-corrected chi connectivity index (χ0v) is 16.2. The smallest absolute Gasteiger partial charge is 0.187 e. The molecule has 8 nitrogen and oxygen atoms in total. The van der Waals surface area contributed by atoms with Gasteiger partial charge in [-0.1, -0.05) is 12.1 Å². The third-order valence-electron chi connectivity index (χ3n) is 5.59. The number of anilines is 1. The molecule has 27 heavy (non-hydrogen) atoms. The number of fused-ring (bicyclic) bond motifs is 2. The van der Waals surface area contributed by atoms with Gasteiger partial charge in [0.1, 0.15) is 22.6 Å². The number of nitrogens with zero attached hydrogens (tertiary/aromatic N) is 5. The highest BCUT2D eigenvalue weighted by atomic mass is 79.9. The minimum Gasteiger partial charge on any atom is -0.356 e. The minimum absolute atomic E-state index is 0.144. The first-order chi connectivity index (χ1) is 13.2. The normalized spacial score (nSPS) is 17.0. The highest BCUT2D eigenvalue weighted by Gasteiger charge is 2.38. The molecule has 0 aliphatic carbocycles. The van der Waals surface area contributed by atoms with Crippen molar-refractivity contribution < 1.29 is 0 Å². The number of aromatic amines is 2. The number of halogens is 1. The number of H-pyrrole nitrogens is 2. The van der Waals surface area contributed by atoms with E-state index >= 15 is 0 Å². The van der Waals surface area contributed by atoms with Crippen molar-refractivity contribution in [3.8, 4) is 0 Å². The summed E-state index contributed by atoms with van der Waals surface area (Å²) in [5.74, 6) is 1.89. The molecule has 0 amide bonds. The fourth-order valence-electron chi connectivity index (χ4n) is 3.93. The fourth-order valence-corrected chi connectivity index (χ4v) is 4.38. The maximum atomic E-state index is 6.25. The molecule has 1 fully saturated rings. The van der Waals surface area contributed by atoms with Gasteiger partial charge < -0.3 is 15.6 Å². The average Bonchev–Trinajstić information content (AvgIpc) is 3.32. The number of rotatable bonds is 3. The topological polar surface area (TPSA) is 112 Å². The van der Waals surface area contributed by atoms with E-state index in [4.69, 9.17) is 10.7 Å². The van der Waals surface area contributed by atoms with Crippen LogP contribution in [0.25, 0.3) is 22.1 Å². The standard InChI is InChI=1S/C18H19BrN8/c19-14-13-15(26-25-14)21-10-22-16(13)27-7-5-18(9-20,6-8-27)17-23-11-3-1-2-4-12(11)24-17/h1-4,10H,5-9,20H2,(H,23,24)(H,21,22,25,26). The van der Waals surface area contributed by atoms with Crippen LogP contribution in [0.2, 0.25) is 0 Å². The van der Waals surface area contributed by atoms with Gasteiger partial charge in [0.25, 0.3) is 0 Å². The predicted molar refractivity (Wildman–Crippen MR) is 108 cm³/mol. The summed E-state index contributed by atoms with van der Waals surface area (Å²) >= 11 is 3.52. The second-order valence-electron chi connectivity index (χ2n) is 7.01. The Morgan fingerprint density at radius 2 is 2.00 bits per heavy atom. The van der Waals surface area contributed by atoms with Crippen LogP contribution in [-0.2, 0) is 5.41 Å². The van der Waals surface area contributed by atoms with E-state index in [1.165, 1.54) is 0 Å². The molecule has 0 radical (unpaired) electrons. The van der Waals surface area contributed by atoms with E-state index in [9.17, 15) is 0 Å². The molecule has 1 saturated heterocycles. The van der Waals surface area contributed by atoms with Crippen LogP contribution < -0.4 is 10.6 Å². The van der Waals surface area contributed by atoms with E-state index in [0.29, 0.717) is 12.2 Å². The molecule has 1 aliphatic heterocycles. The van der Waals surface area contributed by atoms with Crippen molar-refractivity contribution in [3.63, 3.8) is 0 Å². The molecule has 1 aromatic carbocycles. The van der Waals surface area contributed by atoms with Crippen molar-refractivity contribution in [2.24, 2.45) is 5.73 Å². The van der Waals surface area contributed by atoms with E-state index < -0.39 is 0 Å². The van der Waals surface area contributed by atoms with Crippen LogP contribution in [0.3, 0.4) is 0 Å². The molecule has 1 aliphatic rings. The van der Waals surface area contributed by atoms with Crippen LogP contribution in [0.15, 0.2) is 35.2 Å². The van der Waals surface area contributed by atoms with Gasteiger partial charge in [-0.2, -0.15) is 5.10 Å². The minimum atomic E-state index is -0.144. The van der Waals surface area contributed by atoms with Gasteiger partial charge in [-0.3, -0.25) is 5.10 Å². The lowest BCUT2D eigenvalue weighted by molar-refractivity contribution is 0.324. The molecule has 0 unspecified atom stereocenters. The van der Waals surface area contributed by atoms with Gasteiger partial charge in [0, 0.05) is 25.0 Å². The molecule has 3 aromatic heterocycles. The van der Waals surface area contributed by atoms with Gasteiger partial charge in [-0.15, -0.1) is 0 Å². The van der Waals surface area contributed by atoms with Crippen LogP contribution in [0.4, 0.5) is 5.82 Å². The molecule has 0 bridgehead atoms. The number of piperidine rings is 1. The zero-order valence-electron chi connectivity index (χ0n) is 14.6. The molecular formula is C18H19BrN8. The molecule has 4 N–H and O–H groups in total. The van der Waals surface area contributed by atoms with Gasteiger partial charge in [-0.05, 0) is 40.9 Å². The first kappa shape index (κ1) is 16.6. The summed E-state index contributed by atoms with van der Waals surface area (Å²) in [5.41, 5.74) is 8.82. The van der Waals surface area contributed by atoms with Crippen molar-refractivity contribution in [2.45, 2.75) is 18.3 Å². The first-order valence-electron chi connectivity index (χ1n) is 8.95. The molecule has 0 saturated carbocycles. The lowest BCUT2D eigenvalue weighted by Crippen LogP contribution is -2.47. The number of benzene rings is 1. The van der Waals surface area contributed by atoms with Crippen LogP contribution in [0.1, 0.15) is 18.7 Å². The molecule has 5 rings (SSSR count). The molecule has 9 heteroatoms. The van der Waals surface area contributed by atoms with Crippen molar-refractivity contribution in [1.29, 1.82) is 0 Å². The summed E-state index contributed by atoms with van der Waals surface area (Å²) in [5, 5.41) is 8.05. The number of nitrogens with one attached hydrogen (secondary N) is 2. The molecule has 0 atom stereocenters. The van der Waals surface area contributed by atoms with Crippen LogP contribution >= 0.6 is 15.9 Å². The van der Waals surface area contributed by atoms with Crippen LogP contribution in [0.5, 0.6) is 0 Å². The van der Waals surface area contributed by atoms with E-state index in [-0.39, 0.29) is 5.41 Å². The Balaban J connectivity index is 1.46. The fraction of sp³-hybridized carbons (Fsp3) is 0.333.